The molecular formula is C20H18BrN3O. The molecule has 0 atom stereocenters. The van der Waals surface area contributed by atoms with Crippen molar-refractivity contribution in [2.75, 3.05) is 10.6 Å². The second kappa shape index (κ2) is 7.49. The van der Waals surface area contributed by atoms with E-state index in [0.29, 0.717) is 17.1 Å². The van der Waals surface area contributed by atoms with Crippen molar-refractivity contribution in [1.29, 1.82) is 0 Å². The quantitative estimate of drug-likeness (QED) is 0.616. The van der Waals surface area contributed by atoms with Crippen LogP contribution in [0, 0.1) is 13.8 Å². The van der Waals surface area contributed by atoms with Gasteiger partial charge in [-0.05, 0) is 55.8 Å². The highest BCUT2D eigenvalue weighted by molar-refractivity contribution is 9.10. The summed E-state index contributed by atoms with van der Waals surface area (Å²) in [4.78, 5) is 16.6. The second-order valence-electron chi connectivity index (χ2n) is 5.84. The average Bonchev–Trinajstić information content (AvgIpc) is 2.60. The van der Waals surface area contributed by atoms with Crippen LogP contribution in [0.1, 0.15) is 21.5 Å². The number of carbonyl (C=O) groups excluding carboxylic acids is 1. The zero-order valence-corrected chi connectivity index (χ0v) is 15.6. The highest BCUT2D eigenvalue weighted by Gasteiger charge is 2.06. The predicted molar refractivity (Wildman–Crippen MR) is 106 cm³/mol. The number of hydrogen-bond acceptors (Lipinski definition) is 3. The molecule has 4 nitrogen and oxygen atoms in total. The summed E-state index contributed by atoms with van der Waals surface area (Å²) < 4.78 is 1.04. The maximum absolute atomic E-state index is 12.2. The molecule has 0 fully saturated rings. The number of aryl methyl sites for hydroxylation is 2. The Hall–Kier alpha value is -2.66. The molecule has 0 aliphatic carbocycles. The van der Waals surface area contributed by atoms with E-state index in [9.17, 15) is 4.79 Å². The highest BCUT2D eigenvalue weighted by Crippen LogP contribution is 2.23. The number of rotatable bonds is 4. The summed E-state index contributed by atoms with van der Waals surface area (Å²) in [5.41, 5.74) is 4.52. The summed E-state index contributed by atoms with van der Waals surface area (Å²) in [6, 6.07) is 17.1. The van der Waals surface area contributed by atoms with Gasteiger partial charge in [0.05, 0.1) is 11.9 Å². The molecule has 3 aromatic rings. The molecule has 126 valence electrons. The second-order valence-corrected chi connectivity index (χ2v) is 6.70. The van der Waals surface area contributed by atoms with Crippen molar-refractivity contribution in [3.05, 3.63) is 82.0 Å². The van der Waals surface area contributed by atoms with Crippen molar-refractivity contribution in [1.82, 2.24) is 4.98 Å². The lowest BCUT2D eigenvalue weighted by atomic mass is 10.1. The van der Waals surface area contributed by atoms with E-state index in [1.807, 2.05) is 68.4 Å². The molecule has 0 saturated carbocycles. The summed E-state index contributed by atoms with van der Waals surface area (Å²) >= 11 is 3.52. The van der Waals surface area contributed by atoms with Gasteiger partial charge in [-0.3, -0.25) is 4.79 Å². The van der Waals surface area contributed by atoms with Crippen molar-refractivity contribution in [3.63, 3.8) is 0 Å². The molecule has 5 heteroatoms. The lowest BCUT2D eigenvalue weighted by Crippen LogP contribution is -2.12. The fourth-order valence-corrected chi connectivity index (χ4v) is 2.65. The number of nitrogens with zero attached hydrogens (tertiary/aromatic N) is 1. The Morgan fingerprint density at radius 1 is 0.960 bits per heavy atom. The molecule has 1 aromatic heterocycles. The topological polar surface area (TPSA) is 54.0 Å². The van der Waals surface area contributed by atoms with Gasteiger partial charge in [-0.25, -0.2) is 4.98 Å². The van der Waals surface area contributed by atoms with E-state index in [4.69, 9.17) is 0 Å². The lowest BCUT2D eigenvalue weighted by Gasteiger charge is -2.09. The number of hydrogen-bond donors (Lipinski definition) is 2. The Morgan fingerprint density at radius 3 is 2.32 bits per heavy atom. The van der Waals surface area contributed by atoms with Crippen LogP contribution in [0.25, 0.3) is 0 Å². The molecule has 2 aromatic carbocycles. The van der Waals surface area contributed by atoms with Crippen LogP contribution in [0.2, 0.25) is 0 Å². The van der Waals surface area contributed by atoms with E-state index in [0.717, 1.165) is 15.7 Å². The number of amides is 1. The number of anilines is 3. The van der Waals surface area contributed by atoms with Gasteiger partial charge in [-0.15, -0.1) is 0 Å². The van der Waals surface area contributed by atoms with Crippen molar-refractivity contribution >= 4 is 39.0 Å². The van der Waals surface area contributed by atoms with E-state index in [1.54, 1.807) is 6.20 Å². The third-order valence-corrected chi connectivity index (χ3v) is 4.63. The standard InChI is InChI=1S/C20H18BrN3O/c1-13-3-6-15(7-4-13)20(25)24-17-9-10-19(22-12-17)23-16-8-5-14(2)18(21)11-16/h3-12H,1-2H3,(H,22,23)(H,24,25). The van der Waals surface area contributed by atoms with Gasteiger partial charge in [0.25, 0.3) is 5.91 Å². The van der Waals surface area contributed by atoms with Crippen LogP contribution in [-0.4, -0.2) is 10.9 Å². The summed E-state index contributed by atoms with van der Waals surface area (Å²) in [7, 11) is 0. The number of benzene rings is 2. The minimum absolute atomic E-state index is 0.148. The zero-order valence-electron chi connectivity index (χ0n) is 14.0. The van der Waals surface area contributed by atoms with E-state index in [2.05, 4.69) is 31.5 Å². The largest absolute Gasteiger partial charge is 0.340 e. The molecule has 25 heavy (non-hydrogen) atoms. The Balaban J connectivity index is 1.66. The number of halogens is 1. The molecule has 0 bridgehead atoms. The zero-order chi connectivity index (χ0) is 17.8. The average molecular weight is 396 g/mol. The smallest absolute Gasteiger partial charge is 0.255 e. The van der Waals surface area contributed by atoms with E-state index in [-0.39, 0.29) is 5.91 Å². The molecule has 0 aliphatic rings. The van der Waals surface area contributed by atoms with Gasteiger partial charge in [0.2, 0.25) is 0 Å². The Kier molecular flexibility index (Phi) is 5.14. The van der Waals surface area contributed by atoms with Gasteiger partial charge in [0.15, 0.2) is 0 Å². The van der Waals surface area contributed by atoms with E-state index < -0.39 is 0 Å². The Labute approximate surface area is 155 Å². The molecule has 0 aliphatic heterocycles. The van der Waals surface area contributed by atoms with Gasteiger partial charge in [0.1, 0.15) is 5.82 Å². The molecule has 0 radical (unpaired) electrons. The van der Waals surface area contributed by atoms with Crippen molar-refractivity contribution < 1.29 is 4.79 Å². The molecule has 3 rings (SSSR count). The minimum atomic E-state index is -0.148. The summed E-state index contributed by atoms with van der Waals surface area (Å²) in [6.07, 6.45) is 1.64. The lowest BCUT2D eigenvalue weighted by molar-refractivity contribution is 0.102. The molecular weight excluding hydrogens is 378 g/mol. The van der Waals surface area contributed by atoms with Gasteiger partial charge in [-0.2, -0.15) is 0 Å². The van der Waals surface area contributed by atoms with Crippen LogP contribution in [0.4, 0.5) is 17.2 Å². The first-order chi connectivity index (χ1) is 12.0. The maximum Gasteiger partial charge on any atom is 0.255 e. The molecule has 2 N–H and O–H groups in total. The fraction of sp³-hybridized carbons (Fsp3) is 0.100. The number of carbonyl (C=O) groups is 1. The Bertz CT molecular complexity index is 890. The van der Waals surface area contributed by atoms with E-state index >= 15 is 0 Å². The predicted octanol–water partition coefficient (Wildman–Crippen LogP) is 5.46. The summed E-state index contributed by atoms with van der Waals surface area (Å²) in [5, 5.41) is 6.09. The number of pyridine rings is 1. The third-order valence-electron chi connectivity index (χ3n) is 3.78. The van der Waals surface area contributed by atoms with Gasteiger partial charge in [0, 0.05) is 15.7 Å². The number of aromatic nitrogens is 1. The maximum atomic E-state index is 12.2. The van der Waals surface area contributed by atoms with Gasteiger partial charge in [-0.1, -0.05) is 39.7 Å². The van der Waals surface area contributed by atoms with E-state index in [1.165, 1.54) is 5.56 Å². The van der Waals surface area contributed by atoms with Crippen molar-refractivity contribution in [2.45, 2.75) is 13.8 Å². The van der Waals surface area contributed by atoms with Crippen LogP contribution in [0.3, 0.4) is 0 Å². The fourth-order valence-electron chi connectivity index (χ4n) is 2.27. The minimum Gasteiger partial charge on any atom is -0.340 e. The highest BCUT2D eigenvalue weighted by atomic mass is 79.9. The third kappa shape index (κ3) is 4.45. The Morgan fingerprint density at radius 2 is 1.68 bits per heavy atom. The van der Waals surface area contributed by atoms with Crippen molar-refractivity contribution in [3.8, 4) is 0 Å². The molecule has 1 amide bonds. The summed E-state index contributed by atoms with van der Waals surface area (Å²) in [5.74, 6) is 0.564. The van der Waals surface area contributed by atoms with Gasteiger partial charge < -0.3 is 10.6 Å². The van der Waals surface area contributed by atoms with Crippen LogP contribution < -0.4 is 10.6 Å². The molecule has 1 heterocycles. The molecule has 0 spiro atoms. The van der Waals surface area contributed by atoms with Gasteiger partial charge >= 0.3 is 0 Å². The first-order valence-corrected chi connectivity index (χ1v) is 8.68. The first kappa shape index (κ1) is 17.2. The van der Waals surface area contributed by atoms with Crippen LogP contribution >= 0.6 is 15.9 Å². The normalized spacial score (nSPS) is 10.4. The van der Waals surface area contributed by atoms with Crippen LogP contribution in [0.5, 0.6) is 0 Å². The monoisotopic (exact) mass is 395 g/mol. The molecule has 0 unspecified atom stereocenters. The summed E-state index contributed by atoms with van der Waals surface area (Å²) in [6.45, 7) is 4.03. The van der Waals surface area contributed by atoms with Crippen LogP contribution in [0.15, 0.2) is 65.3 Å². The number of nitrogens with one attached hydrogen (secondary N) is 2. The first-order valence-electron chi connectivity index (χ1n) is 7.88. The van der Waals surface area contributed by atoms with Crippen LogP contribution in [-0.2, 0) is 0 Å². The van der Waals surface area contributed by atoms with Crippen molar-refractivity contribution in [2.24, 2.45) is 0 Å². The molecule has 0 saturated heterocycles. The SMILES string of the molecule is Cc1ccc(C(=O)Nc2ccc(Nc3ccc(C)c(Br)c3)nc2)cc1.